The van der Waals surface area contributed by atoms with E-state index in [1.54, 1.807) is 37.5 Å². The molecule has 0 aliphatic rings. The van der Waals surface area contributed by atoms with Gasteiger partial charge in [0.05, 0.1) is 11.2 Å². The van der Waals surface area contributed by atoms with Crippen molar-refractivity contribution in [2.45, 2.75) is 18.2 Å². The lowest BCUT2D eigenvalue weighted by Crippen LogP contribution is -2.26. The third-order valence-electron chi connectivity index (χ3n) is 2.63. The van der Waals surface area contributed by atoms with Gasteiger partial charge in [0.1, 0.15) is 5.76 Å². The van der Waals surface area contributed by atoms with Crippen LogP contribution in [-0.2, 0) is 16.4 Å². The monoisotopic (exact) mass is 265 g/mol. The molecule has 18 heavy (non-hydrogen) atoms. The number of hydrogen-bond donors (Lipinski definition) is 1. The molecule has 0 radical (unpaired) electrons. The molecule has 0 bridgehead atoms. The Morgan fingerprint density at radius 1 is 1.17 bits per heavy atom. The van der Waals surface area contributed by atoms with Crippen LogP contribution < -0.4 is 4.72 Å². The minimum absolute atomic E-state index is 0.324. The Morgan fingerprint density at radius 3 is 2.61 bits per heavy atom. The average molecular weight is 265 g/mol. The van der Waals surface area contributed by atoms with Crippen molar-refractivity contribution >= 4 is 10.0 Å². The van der Waals surface area contributed by atoms with E-state index in [0.29, 0.717) is 17.9 Å². The van der Waals surface area contributed by atoms with Crippen LogP contribution in [0.5, 0.6) is 0 Å². The van der Waals surface area contributed by atoms with E-state index >= 15 is 0 Å². The van der Waals surface area contributed by atoms with Gasteiger partial charge >= 0.3 is 0 Å². The quantitative estimate of drug-likeness (QED) is 0.900. The van der Waals surface area contributed by atoms with Crippen LogP contribution >= 0.6 is 0 Å². The molecule has 5 heteroatoms. The summed E-state index contributed by atoms with van der Waals surface area (Å²) in [6.45, 7) is 2.10. The van der Waals surface area contributed by atoms with Gasteiger partial charge in [-0.3, -0.25) is 0 Å². The fraction of sp³-hybridized carbons (Fsp3) is 0.231. The van der Waals surface area contributed by atoms with Crippen LogP contribution in [0, 0.1) is 6.92 Å². The Kier molecular flexibility index (Phi) is 3.84. The highest BCUT2D eigenvalue weighted by atomic mass is 32.2. The minimum Gasteiger partial charge on any atom is -0.469 e. The molecule has 0 aliphatic carbocycles. The maximum Gasteiger partial charge on any atom is 0.240 e. The van der Waals surface area contributed by atoms with Crippen molar-refractivity contribution in [1.82, 2.24) is 4.72 Å². The first-order valence-corrected chi connectivity index (χ1v) is 7.15. The third-order valence-corrected chi connectivity index (χ3v) is 4.25. The van der Waals surface area contributed by atoms with Crippen LogP contribution in [0.4, 0.5) is 0 Å². The summed E-state index contributed by atoms with van der Waals surface area (Å²) in [5, 5.41) is 0. The molecular weight excluding hydrogens is 250 g/mol. The van der Waals surface area contributed by atoms with Crippen LogP contribution in [0.2, 0.25) is 0 Å². The normalized spacial score (nSPS) is 11.6. The highest BCUT2D eigenvalue weighted by molar-refractivity contribution is 7.89. The molecule has 0 spiro atoms. The first-order valence-electron chi connectivity index (χ1n) is 5.67. The topological polar surface area (TPSA) is 59.3 Å². The molecule has 0 amide bonds. The number of hydrogen-bond acceptors (Lipinski definition) is 3. The Bertz CT molecular complexity index is 603. The average Bonchev–Trinajstić information content (AvgIpc) is 2.82. The standard InChI is InChI=1S/C13H15NO3S/c1-11-5-2-3-7-13(11)18(15,16)14-9-8-12-6-4-10-17-12/h2-7,10,14H,8-9H2,1H3. The van der Waals surface area contributed by atoms with E-state index in [4.69, 9.17) is 4.42 Å². The van der Waals surface area contributed by atoms with E-state index in [1.807, 2.05) is 12.1 Å². The predicted octanol–water partition coefficient (Wildman–Crippen LogP) is 2.11. The van der Waals surface area contributed by atoms with Gasteiger partial charge in [0.15, 0.2) is 0 Å². The molecule has 1 aromatic carbocycles. The third kappa shape index (κ3) is 3.00. The Morgan fingerprint density at radius 2 is 1.94 bits per heavy atom. The van der Waals surface area contributed by atoms with Gasteiger partial charge in [0.25, 0.3) is 0 Å². The zero-order valence-corrected chi connectivity index (χ0v) is 10.9. The summed E-state index contributed by atoms with van der Waals surface area (Å²) in [5.74, 6) is 0.766. The van der Waals surface area contributed by atoms with Crippen LogP contribution in [0.25, 0.3) is 0 Å². The van der Waals surface area contributed by atoms with Crippen molar-refractivity contribution in [2.75, 3.05) is 6.54 Å². The van der Waals surface area contributed by atoms with Crippen molar-refractivity contribution < 1.29 is 12.8 Å². The first-order chi connectivity index (χ1) is 8.59. The maximum atomic E-state index is 12.0. The van der Waals surface area contributed by atoms with Gasteiger partial charge in [0, 0.05) is 13.0 Å². The zero-order valence-electron chi connectivity index (χ0n) is 10.1. The van der Waals surface area contributed by atoms with E-state index in [0.717, 1.165) is 11.3 Å². The molecule has 2 aromatic rings. The summed E-state index contributed by atoms with van der Waals surface area (Å²) in [5.41, 5.74) is 0.739. The van der Waals surface area contributed by atoms with Crippen molar-refractivity contribution in [2.24, 2.45) is 0 Å². The van der Waals surface area contributed by atoms with Gasteiger partial charge in [-0.1, -0.05) is 18.2 Å². The molecule has 1 heterocycles. The molecule has 0 saturated heterocycles. The number of rotatable bonds is 5. The van der Waals surface area contributed by atoms with E-state index in [-0.39, 0.29) is 0 Å². The van der Waals surface area contributed by atoms with E-state index in [1.165, 1.54) is 0 Å². The summed E-state index contributed by atoms with van der Waals surface area (Å²) < 4.78 is 31.8. The van der Waals surface area contributed by atoms with Crippen LogP contribution in [0.3, 0.4) is 0 Å². The SMILES string of the molecule is Cc1ccccc1S(=O)(=O)NCCc1ccco1. The molecular formula is C13H15NO3S. The van der Waals surface area contributed by atoms with E-state index < -0.39 is 10.0 Å². The lowest BCUT2D eigenvalue weighted by Gasteiger charge is -2.08. The Hall–Kier alpha value is -1.59. The minimum atomic E-state index is -3.44. The van der Waals surface area contributed by atoms with Gasteiger partial charge in [-0.2, -0.15) is 0 Å². The van der Waals surface area contributed by atoms with Crippen molar-refractivity contribution in [3.8, 4) is 0 Å². The molecule has 2 rings (SSSR count). The predicted molar refractivity (Wildman–Crippen MR) is 68.8 cm³/mol. The molecule has 0 fully saturated rings. The first kappa shape index (κ1) is 12.9. The number of nitrogens with one attached hydrogen (secondary N) is 1. The number of furan rings is 1. The molecule has 1 aromatic heterocycles. The van der Waals surface area contributed by atoms with Crippen molar-refractivity contribution in [3.05, 3.63) is 54.0 Å². The van der Waals surface area contributed by atoms with Crippen LogP contribution in [-0.4, -0.2) is 15.0 Å². The summed E-state index contributed by atoms with van der Waals surface area (Å²) >= 11 is 0. The van der Waals surface area contributed by atoms with Crippen LogP contribution in [0.1, 0.15) is 11.3 Å². The summed E-state index contributed by atoms with van der Waals surface area (Å²) in [6.07, 6.45) is 2.11. The number of benzene rings is 1. The molecule has 0 unspecified atom stereocenters. The summed E-state index contributed by atoms with van der Waals surface area (Å²) in [7, 11) is -3.44. The summed E-state index contributed by atoms with van der Waals surface area (Å²) in [4.78, 5) is 0.324. The fourth-order valence-electron chi connectivity index (χ4n) is 1.70. The molecule has 0 atom stereocenters. The smallest absolute Gasteiger partial charge is 0.240 e. The molecule has 1 N–H and O–H groups in total. The highest BCUT2D eigenvalue weighted by Crippen LogP contribution is 2.13. The van der Waals surface area contributed by atoms with Gasteiger partial charge in [-0.05, 0) is 30.7 Å². The molecule has 4 nitrogen and oxygen atoms in total. The zero-order chi connectivity index (χ0) is 13.0. The molecule has 0 saturated carbocycles. The van der Waals surface area contributed by atoms with Gasteiger partial charge < -0.3 is 4.42 Å². The Balaban J connectivity index is 2.02. The van der Waals surface area contributed by atoms with Gasteiger partial charge in [-0.25, -0.2) is 13.1 Å². The van der Waals surface area contributed by atoms with Gasteiger partial charge in [-0.15, -0.1) is 0 Å². The number of aryl methyl sites for hydroxylation is 1. The Labute approximate surface area is 107 Å². The molecule has 96 valence electrons. The highest BCUT2D eigenvalue weighted by Gasteiger charge is 2.15. The summed E-state index contributed by atoms with van der Waals surface area (Å²) in [6, 6.07) is 10.5. The largest absolute Gasteiger partial charge is 0.469 e. The van der Waals surface area contributed by atoms with Crippen molar-refractivity contribution in [1.29, 1.82) is 0 Å². The molecule has 0 aliphatic heterocycles. The van der Waals surface area contributed by atoms with E-state index in [2.05, 4.69) is 4.72 Å². The lowest BCUT2D eigenvalue weighted by molar-refractivity contribution is 0.506. The van der Waals surface area contributed by atoms with E-state index in [9.17, 15) is 8.42 Å². The second kappa shape index (κ2) is 5.37. The second-order valence-corrected chi connectivity index (χ2v) is 5.73. The fourth-order valence-corrected chi connectivity index (χ4v) is 2.98. The lowest BCUT2D eigenvalue weighted by atomic mass is 10.2. The van der Waals surface area contributed by atoms with Crippen LogP contribution in [0.15, 0.2) is 52.0 Å². The maximum absolute atomic E-state index is 12.0. The van der Waals surface area contributed by atoms with Crippen molar-refractivity contribution in [3.63, 3.8) is 0 Å². The van der Waals surface area contributed by atoms with Gasteiger partial charge in [0.2, 0.25) is 10.0 Å². The number of sulfonamides is 1. The second-order valence-electron chi connectivity index (χ2n) is 3.99.